The highest BCUT2D eigenvalue weighted by atomic mass is 35.5. The fourth-order valence-corrected chi connectivity index (χ4v) is 3.45. The van der Waals surface area contributed by atoms with Crippen molar-refractivity contribution in [3.05, 3.63) is 40.1 Å². The molecule has 0 radical (unpaired) electrons. The molecule has 1 amide bonds. The number of rotatable bonds is 4. The van der Waals surface area contributed by atoms with E-state index in [1.165, 1.54) is 11.3 Å². The van der Waals surface area contributed by atoms with Gasteiger partial charge in [-0.15, -0.1) is 11.3 Å². The maximum atomic E-state index is 12.3. The molecule has 0 aliphatic carbocycles. The lowest BCUT2D eigenvalue weighted by atomic mass is 10.3. The molecule has 0 saturated carbocycles. The lowest BCUT2D eigenvalue weighted by Gasteiger charge is -2.34. The largest absolute Gasteiger partial charge is 0.336 e. The van der Waals surface area contributed by atoms with Crippen molar-refractivity contribution in [1.82, 2.24) is 19.4 Å². The van der Waals surface area contributed by atoms with Crippen LogP contribution in [0.2, 0.25) is 4.34 Å². The second-order valence-corrected chi connectivity index (χ2v) is 6.75. The number of carbonyl (C=O) groups is 1. The van der Waals surface area contributed by atoms with Crippen LogP contribution in [0.4, 0.5) is 0 Å². The summed E-state index contributed by atoms with van der Waals surface area (Å²) in [5, 5.41) is 0. The fourth-order valence-electron chi connectivity index (χ4n) is 2.44. The van der Waals surface area contributed by atoms with Crippen molar-refractivity contribution in [1.29, 1.82) is 0 Å². The van der Waals surface area contributed by atoms with E-state index in [0.29, 0.717) is 4.34 Å². The van der Waals surface area contributed by atoms with Crippen molar-refractivity contribution in [2.45, 2.75) is 6.54 Å². The zero-order valence-corrected chi connectivity index (χ0v) is 13.2. The molecular formula is C14H17ClN4OS. The van der Waals surface area contributed by atoms with Crippen molar-refractivity contribution >= 4 is 28.8 Å². The van der Waals surface area contributed by atoms with E-state index in [1.54, 1.807) is 18.3 Å². The normalized spacial score (nSPS) is 16.3. The molecule has 1 aliphatic heterocycles. The maximum Gasteiger partial charge on any atom is 0.264 e. The van der Waals surface area contributed by atoms with Gasteiger partial charge in [-0.05, 0) is 12.1 Å². The molecule has 112 valence electrons. The minimum atomic E-state index is 0.0983. The van der Waals surface area contributed by atoms with E-state index in [4.69, 9.17) is 11.6 Å². The number of halogens is 1. The number of piperazine rings is 1. The highest BCUT2D eigenvalue weighted by Gasteiger charge is 2.22. The van der Waals surface area contributed by atoms with Gasteiger partial charge in [-0.2, -0.15) is 0 Å². The van der Waals surface area contributed by atoms with Crippen LogP contribution < -0.4 is 0 Å². The van der Waals surface area contributed by atoms with Crippen molar-refractivity contribution in [3.8, 4) is 0 Å². The molecule has 0 atom stereocenters. The van der Waals surface area contributed by atoms with Crippen LogP contribution in [0.25, 0.3) is 0 Å². The Morgan fingerprint density at radius 2 is 2.05 bits per heavy atom. The zero-order chi connectivity index (χ0) is 14.7. The number of thiophene rings is 1. The van der Waals surface area contributed by atoms with E-state index < -0.39 is 0 Å². The molecule has 3 heterocycles. The first-order chi connectivity index (χ1) is 10.2. The average molecular weight is 325 g/mol. The van der Waals surface area contributed by atoms with Crippen molar-refractivity contribution < 1.29 is 4.79 Å². The topological polar surface area (TPSA) is 41.4 Å². The molecule has 0 bridgehead atoms. The van der Waals surface area contributed by atoms with E-state index in [-0.39, 0.29) is 5.91 Å². The van der Waals surface area contributed by atoms with Crippen LogP contribution in [0.5, 0.6) is 0 Å². The standard InChI is InChI=1S/C14H17ClN4OS/c15-13-2-1-12(21-13)14(20)19-9-7-17(8-10-19)5-6-18-4-3-16-11-18/h1-4,11H,5-10H2. The molecule has 0 N–H and O–H groups in total. The molecule has 0 spiro atoms. The van der Waals surface area contributed by atoms with E-state index in [9.17, 15) is 4.79 Å². The summed E-state index contributed by atoms with van der Waals surface area (Å²) in [6, 6.07) is 3.58. The Labute approximate surface area is 132 Å². The summed E-state index contributed by atoms with van der Waals surface area (Å²) in [4.78, 5) is 21.4. The van der Waals surface area contributed by atoms with Gasteiger partial charge in [0.2, 0.25) is 0 Å². The molecular weight excluding hydrogens is 308 g/mol. The Hall–Kier alpha value is -1.37. The van der Waals surface area contributed by atoms with Gasteiger partial charge in [-0.3, -0.25) is 9.69 Å². The first-order valence-corrected chi connectivity index (χ1v) is 8.14. The van der Waals surface area contributed by atoms with Gasteiger partial charge < -0.3 is 9.47 Å². The van der Waals surface area contributed by atoms with Crippen molar-refractivity contribution in [2.24, 2.45) is 0 Å². The summed E-state index contributed by atoms with van der Waals surface area (Å²) in [6.45, 7) is 5.31. The van der Waals surface area contributed by atoms with Crippen LogP contribution in [-0.4, -0.2) is 58.0 Å². The number of aromatic nitrogens is 2. The van der Waals surface area contributed by atoms with E-state index >= 15 is 0 Å². The fraction of sp³-hybridized carbons (Fsp3) is 0.429. The Bertz CT molecular complexity index is 590. The van der Waals surface area contributed by atoms with E-state index in [2.05, 4.69) is 14.5 Å². The molecule has 1 fully saturated rings. The van der Waals surface area contributed by atoms with Crippen LogP contribution in [0.15, 0.2) is 30.9 Å². The number of nitrogens with zero attached hydrogens (tertiary/aromatic N) is 4. The number of carbonyl (C=O) groups excluding carboxylic acids is 1. The van der Waals surface area contributed by atoms with Crippen LogP contribution in [-0.2, 0) is 6.54 Å². The Balaban J connectivity index is 1.47. The average Bonchev–Trinajstić information content (AvgIpc) is 3.16. The summed E-state index contributed by atoms with van der Waals surface area (Å²) < 4.78 is 2.74. The second-order valence-electron chi connectivity index (χ2n) is 5.04. The molecule has 2 aromatic rings. The highest BCUT2D eigenvalue weighted by Crippen LogP contribution is 2.23. The summed E-state index contributed by atoms with van der Waals surface area (Å²) in [6.07, 6.45) is 5.60. The Morgan fingerprint density at radius 3 is 2.67 bits per heavy atom. The lowest BCUT2D eigenvalue weighted by molar-refractivity contribution is 0.0638. The van der Waals surface area contributed by atoms with Gasteiger partial charge in [-0.1, -0.05) is 11.6 Å². The predicted octanol–water partition coefficient (Wildman–Crippen LogP) is 2.06. The van der Waals surface area contributed by atoms with E-state index in [0.717, 1.165) is 44.1 Å². The third-order valence-electron chi connectivity index (χ3n) is 3.68. The number of hydrogen-bond donors (Lipinski definition) is 0. The molecule has 1 aliphatic rings. The molecule has 1 saturated heterocycles. The van der Waals surface area contributed by atoms with Gasteiger partial charge in [0.15, 0.2) is 0 Å². The SMILES string of the molecule is O=C(c1ccc(Cl)s1)N1CCN(CCn2ccnc2)CC1. The smallest absolute Gasteiger partial charge is 0.264 e. The van der Waals surface area contributed by atoms with Gasteiger partial charge in [-0.25, -0.2) is 4.98 Å². The second kappa shape index (κ2) is 6.60. The highest BCUT2D eigenvalue weighted by molar-refractivity contribution is 7.17. The predicted molar refractivity (Wildman–Crippen MR) is 83.9 cm³/mol. The summed E-state index contributed by atoms with van der Waals surface area (Å²) in [5.74, 6) is 0.0983. The molecule has 3 rings (SSSR count). The monoisotopic (exact) mass is 324 g/mol. The molecule has 7 heteroatoms. The van der Waals surface area contributed by atoms with Gasteiger partial charge in [0.05, 0.1) is 15.5 Å². The first-order valence-electron chi connectivity index (χ1n) is 6.95. The third-order valence-corrected chi connectivity index (χ3v) is 4.90. The quantitative estimate of drug-likeness (QED) is 0.864. The molecule has 21 heavy (non-hydrogen) atoms. The van der Waals surface area contributed by atoms with Crippen LogP contribution >= 0.6 is 22.9 Å². The van der Waals surface area contributed by atoms with E-state index in [1.807, 2.05) is 17.4 Å². The lowest BCUT2D eigenvalue weighted by Crippen LogP contribution is -2.49. The van der Waals surface area contributed by atoms with Gasteiger partial charge >= 0.3 is 0 Å². The Morgan fingerprint density at radius 1 is 1.24 bits per heavy atom. The minimum Gasteiger partial charge on any atom is -0.336 e. The number of imidazole rings is 1. The molecule has 2 aromatic heterocycles. The molecule has 0 aromatic carbocycles. The van der Waals surface area contributed by atoms with Crippen LogP contribution in [0.3, 0.4) is 0 Å². The zero-order valence-electron chi connectivity index (χ0n) is 11.6. The third kappa shape index (κ3) is 3.64. The van der Waals surface area contributed by atoms with Crippen molar-refractivity contribution in [3.63, 3.8) is 0 Å². The molecule has 5 nitrogen and oxygen atoms in total. The summed E-state index contributed by atoms with van der Waals surface area (Å²) >= 11 is 7.24. The van der Waals surface area contributed by atoms with Gasteiger partial charge in [0, 0.05) is 51.7 Å². The minimum absolute atomic E-state index is 0.0983. The van der Waals surface area contributed by atoms with Gasteiger partial charge in [0.25, 0.3) is 5.91 Å². The van der Waals surface area contributed by atoms with Gasteiger partial charge in [0.1, 0.15) is 0 Å². The summed E-state index contributed by atoms with van der Waals surface area (Å²) in [5.41, 5.74) is 0. The van der Waals surface area contributed by atoms with Crippen LogP contribution in [0.1, 0.15) is 9.67 Å². The first kappa shape index (κ1) is 14.6. The number of amides is 1. The summed E-state index contributed by atoms with van der Waals surface area (Å²) in [7, 11) is 0. The van der Waals surface area contributed by atoms with Crippen molar-refractivity contribution in [2.75, 3.05) is 32.7 Å². The number of hydrogen-bond acceptors (Lipinski definition) is 4. The maximum absolute atomic E-state index is 12.3. The van der Waals surface area contributed by atoms with Crippen LogP contribution in [0, 0.1) is 0 Å². The molecule has 0 unspecified atom stereocenters. The Kier molecular flexibility index (Phi) is 4.57.